The number of carbonyl (C=O) groups excluding carboxylic acids is 1. The molecular weight excluding hydrogens is 358 g/mol. The molecule has 0 fully saturated rings. The number of amides is 1. The zero-order valence-electron chi connectivity index (χ0n) is 13.7. The summed E-state index contributed by atoms with van der Waals surface area (Å²) < 4.78 is 10.4. The van der Waals surface area contributed by atoms with Gasteiger partial charge in [-0.15, -0.1) is 11.3 Å². The van der Waals surface area contributed by atoms with E-state index in [2.05, 4.69) is 5.32 Å². The van der Waals surface area contributed by atoms with E-state index in [1.807, 2.05) is 36.4 Å². The van der Waals surface area contributed by atoms with Crippen LogP contribution in [0.2, 0.25) is 5.02 Å². The number of benzene rings is 2. The lowest BCUT2D eigenvalue weighted by Crippen LogP contribution is -2.10. The highest BCUT2D eigenvalue weighted by molar-refractivity contribution is 7.17. The fourth-order valence-electron chi connectivity index (χ4n) is 2.34. The van der Waals surface area contributed by atoms with E-state index in [4.69, 9.17) is 21.1 Å². The van der Waals surface area contributed by atoms with Crippen molar-refractivity contribution in [2.75, 3.05) is 19.5 Å². The molecule has 0 bridgehead atoms. The van der Waals surface area contributed by atoms with Gasteiger partial charge in [0, 0.05) is 21.7 Å². The number of hydrogen-bond donors (Lipinski definition) is 1. The number of rotatable bonds is 5. The Balaban J connectivity index is 1.77. The first-order valence-corrected chi connectivity index (χ1v) is 8.69. The van der Waals surface area contributed by atoms with Crippen molar-refractivity contribution in [3.63, 3.8) is 0 Å². The van der Waals surface area contributed by atoms with E-state index in [1.54, 1.807) is 32.4 Å². The summed E-state index contributed by atoms with van der Waals surface area (Å²) in [5.41, 5.74) is 1.67. The minimum atomic E-state index is -0.169. The van der Waals surface area contributed by atoms with Crippen LogP contribution >= 0.6 is 22.9 Å². The van der Waals surface area contributed by atoms with Gasteiger partial charge in [0.1, 0.15) is 0 Å². The van der Waals surface area contributed by atoms with Crippen molar-refractivity contribution in [2.45, 2.75) is 0 Å². The van der Waals surface area contributed by atoms with E-state index >= 15 is 0 Å². The lowest BCUT2D eigenvalue weighted by molar-refractivity contribution is 0.103. The first kappa shape index (κ1) is 17.3. The summed E-state index contributed by atoms with van der Waals surface area (Å²) in [4.78, 5) is 14.1. The normalized spacial score (nSPS) is 10.4. The molecule has 1 N–H and O–H groups in total. The number of carbonyl (C=O) groups is 1. The molecule has 128 valence electrons. The largest absolute Gasteiger partial charge is 0.493 e. The minimum absolute atomic E-state index is 0.169. The highest BCUT2D eigenvalue weighted by Gasteiger charge is 2.12. The highest BCUT2D eigenvalue weighted by Crippen LogP contribution is 2.32. The lowest BCUT2D eigenvalue weighted by Gasteiger charge is -2.10. The van der Waals surface area contributed by atoms with Crippen molar-refractivity contribution in [1.29, 1.82) is 0 Å². The summed E-state index contributed by atoms with van der Waals surface area (Å²) in [5.74, 6) is 1.01. The molecule has 2 aromatic carbocycles. The number of anilines is 1. The fourth-order valence-corrected chi connectivity index (χ4v) is 3.37. The smallest absolute Gasteiger partial charge is 0.265 e. The van der Waals surface area contributed by atoms with E-state index in [-0.39, 0.29) is 5.91 Å². The third-order valence-electron chi connectivity index (χ3n) is 3.60. The Morgan fingerprint density at radius 1 is 0.960 bits per heavy atom. The quantitative estimate of drug-likeness (QED) is 0.656. The lowest BCUT2D eigenvalue weighted by atomic mass is 10.2. The van der Waals surface area contributed by atoms with Crippen LogP contribution in [0.15, 0.2) is 54.6 Å². The number of halogens is 1. The summed E-state index contributed by atoms with van der Waals surface area (Å²) in [5, 5.41) is 3.56. The van der Waals surface area contributed by atoms with Gasteiger partial charge < -0.3 is 14.8 Å². The van der Waals surface area contributed by atoms with Gasteiger partial charge in [0.15, 0.2) is 11.5 Å². The summed E-state index contributed by atoms with van der Waals surface area (Å²) in [7, 11) is 3.13. The molecule has 4 nitrogen and oxygen atoms in total. The molecule has 1 heterocycles. The molecule has 1 amide bonds. The Bertz CT molecular complexity index is 890. The SMILES string of the molecule is COc1ccc(NC(=O)c2ccc(-c3ccc(Cl)cc3)s2)cc1OC. The second-order valence-electron chi connectivity index (χ2n) is 5.19. The van der Waals surface area contributed by atoms with Crippen LogP contribution in [0.1, 0.15) is 9.67 Å². The van der Waals surface area contributed by atoms with Crippen LogP contribution in [-0.4, -0.2) is 20.1 Å². The summed E-state index contributed by atoms with van der Waals surface area (Å²) >= 11 is 7.34. The number of nitrogens with one attached hydrogen (secondary N) is 1. The van der Waals surface area contributed by atoms with Crippen LogP contribution in [0.5, 0.6) is 11.5 Å². The van der Waals surface area contributed by atoms with E-state index in [1.165, 1.54) is 11.3 Å². The van der Waals surface area contributed by atoms with E-state index < -0.39 is 0 Å². The van der Waals surface area contributed by atoms with Crippen molar-refractivity contribution in [2.24, 2.45) is 0 Å². The van der Waals surface area contributed by atoms with Crippen LogP contribution in [0, 0.1) is 0 Å². The van der Waals surface area contributed by atoms with Crippen LogP contribution in [0.25, 0.3) is 10.4 Å². The zero-order valence-corrected chi connectivity index (χ0v) is 15.3. The molecule has 0 aliphatic rings. The van der Waals surface area contributed by atoms with Crippen molar-refractivity contribution in [3.05, 3.63) is 64.5 Å². The topological polar surface area (TPSA) is 47.6 Å². The predicted octanol–water partition coefficient (Wildman–Crippen LogP) is 5.34. The monoisotopic (exact) mass is 373 g/mol. The van der Waals surface area contributed by atoms with E-state index in [0.29, 0.717) is 27.1 Å². The van der Waals surface area contributed by atoms with Crippen LogP contribution in [-0.2, 0) is 0 Å². The third kappa shape index (κ3) is 3.95. The maximum atomic E-state index is 12.5. The Labute approximate surface area is 155 Å². The first-order valence-electron chi connectivity index (χ1n) is 7.50. The number of hydrogen-bond acceptors (Lipinski definition) is 4. The molecule has 0 saturated heterocycles. The molecule has 6 heteroatoms. The predicted molar refractivity (Wildman–Crippen MR) is 102 cm³/mol. The standard InChI is InChI=1S/C19H16ClNO3S/c1-23-15-8-7-14(11-16(15)24-2)21-19(22)18-10-9-17(25-18)12-3-5-13(20)6-4-12/h3-11H,1-2H3,(H,21,22). The molecule has 0 radical (unpaired) electrons. The van der Waals surface area contributed by atoms with Crippen LogP contribution < -0.4 is 14.8 Å². The molecular formula is C19H16ClNO3S. The van der Waals surface area contributed by atoms with Gasteiger partial charge in [-0.1, -0.05) is 23.7 Å². The molecule has 0 spiro atoms. The number of thiophene rings is 1. The molecule has 0 aliphatic heterocycles. The summed E-state index contributed by atoms with van der Waals surface area (Å²) in [6, 6.07) is 16.5. The van der Waals surface area contributed by atoms with Crippen molar-refractivity contribution < 1.29 is 14.3 Å². The van der Waals surface area contributed by atoms with E-state index in [9.17, 15) is 4.79 Å². The van der Waals surface area contributed by atoms with Gasteiger partial charge in [-0.05, 0) is 42.0 Å². The number of methoxy groups -OCH3 is 2. The first-order chi connectivity index (χ1) is 12.1. The molecule has 1 aromatic heterocycles. The molecule has 3 aromatic rings. The van der Waals surface area contributed by atoms with Gasteiger partial charge in [0.2, 0.25) is 0 Å². The molecule has 0 saturated carbocycles. The van der Waals surface area contributed by atoms with Crippen molar-refractivity contribution in [3.8, 4) is 21.9 Å². The van der Waals surface area contributed by atoms with Crippen molar-refractivity contribution in [1.82, 2.24) is 0 Å². The third-order valence-corrected chi connectivity index (χ3v) is 4.99. The highest BCUT2D eigenvalue weighted by atomic mass is 35.5. The Kier molecular flexibility index (Phi) is 5.26. The van der Waals surface area contributed by atoms with Crippen LogP contribution in [0.4, 0.5) is 5.69 Å². The second-order valence-corrected chi connectivity index (χ2v) is 6.71. The van der Waals surface area contributed by atoms with Gasteiger partial charge in [-0.2, -0.15) is 0 Å². The van der Waals surface area contributed by atoms with Crippen LogP contribution in [0.3, 0.4) is 0 Å². The Hall–Kier alpha value is -2.50. The van der Waals surface area contributed by atoms with Gasteiger partial charge in [0.05, 0.1) is 19.1 Å². The second kappa shape index (κ2) is 7.59. The molecule has 25 heavy (non-hydrogen) atoms. The summed E-state index contributed by atoms with van der Waals surface area (Å²) in [6.45, 7) is 0. The van der Waals surface area contributed by atoms with E-state index in [0.717, 1.165) is 10.4 Å². The average molecular weight is 374 g/mol. The zero-order chi connectivity index (χ0) is 17.8. The molecule has 0 unspecified atom stereocenters. The van der Waals surface area contributed by atoms with Crippen molar-refractivity contribution >= 4 is 34.5 Å². The summed E-state index contributed by atoms with van der Waals surface area (Å²) in [6.07, 6.45) is 0. The fraction of sp³-hybridized carbons (Fsp3) is 0.105. The Morgan fingerprint density at radius 2 is 1.68 bits per heavy atom. The molecule has 3 rings (SSSR count). The van der Waals surface area contributed by atoms with Gasteiger partial charge in [0.25, 0.3) is 5.91 Å². The maximum Gasteiger partial charge on any atom is 0.265 e. The average Bonchev–Trinajstić information content (AvgIpc) is 3.12. The number of ether oxygens (including phenoxy) is 2. The molecule has 0 atom stereocenters. The van der Waals surface area contributed by atoms with Gasteiger partial charge >= 0.3 is 0 Å². The minimum Gasteiger partial charge on any atom is -0.493 e. The molecule has 0 aliphatic carbocycles. The maximum absolute atomic E-state index is 12.5. The van der Waals surface area contributed by atoms with Gasteiger partial charge in [-0.3, -0.25) is 4.79 Å². The Morgan fingerprint density at radius 3 is 2.36 bits per heavy atom. The van der Waals surface area contributed by atoms with Gasteiger partial charge in [-0.25, -0.2) is 0 Å².